The van der Waals surface area contributed by atoms with Crippen molar-refractivity contribution < 1.29 is 14.6 Å². The summed E-state index contributed by atoms with van der Waals surface area (Å²) < 4.78 is 7.89. The van der Waals surface area contributed by atoms with Crippen molar-refractivity contribution >= 4 is 29.0 Å². The Kier molecular flexibility index (Phi) is 7.51. The number of phenolic OH excluding ortho intramolecular Hbond substituents is 1. The summed E-state index contributed by atoms with van der Waals surface area (Å²) in [5.74, 6) is 0.926. The molecule has 33 heavy (non-hydrogen) atoms. The fourth-order valence-corrected chi connectivity index (χ4v) is 4.60. The van der Waals surface area contributed by atoms with Gasteiger partial charge in [0.15, 0.2) is 11.0 Å². The van der Waals surface area contributed by atoms with E-state index in [4.69, 9.17) is 4.74 Å². The van der Waals surface area contributed by atoms with Gasteiger partial charge in [0.1, 0.15) is 5.75 Å². The van der Waals surface area contributed by atoms with Gasteiger partial charge in [0.2, 0.25) is 5.91 Å². The van der Waals surface area contributed by atoms with Gasteiger partial charge in [0.25, 0.3) is 0 Å². The Bertz CT molecular complexity index is 1110. The Balaban J connectivity index is 1.43. The van der Waals surface area contributed by atoms with E-state index >= 15 is 0 Å². The van der Waals surface area contributed by atoms with Crippen LogP contribution in [0.3, 0.4) is 0 Å². The number of ether oxygens (including phenoxy) is 1. The highest BCUT2D eigenvalue weighted by molar-refractivity contribution is 7.99. The number of benzene rings is 2. The normalized spacial score (nSPS) is 15.5. The molecule has 2 heterocycles. The maximum absolute atomic E-state index is 12.4. The Morgan fingerprint density at radius 1 is 1.24 bits per heavy atom. The fraction of sp³-hybridized carbons (Fsp3) is 0.375. The lowest BCUT2D eigenvalue weighted by molar-refractivity contribution is -0.113. The maximum Gasteiger partial charge on any atom is 0.234 e. The number of carbonyl (C=O) groups excluding carboxylic acids is 1. The minimum absolute atomic E-state index is 0.109. The molecule has 2 aromatic carbocycles. The van der Waals surface area contributed by atoms with E-state index < -0.39 is 0 Å². The average molecular weight is 468 g/mol. The number of thioether (sulfide) groups is 1. The number of rotatable bonds is 9. The number of nitrogens with zero attached hydrogens (tertiary/aromatic N) is 3. The van der Waals surface area contributed by atoms with Gasteiger partial charge in [-0.1, -0.05) is 35.5 Å². The number of carbonyl (C=O) groups is 1. The molecule has 1 aliphatic heterocycles. The van der Waals surface area contributed by atoms with E-state index in [0.29, 0.717) is 23.9 Å². The van der Waals surface area contributed by atoms with Gasteiger partial charge >= 0.3 is 0 Å². The Hall–Kier alpha value is -3.04. The van der Waals surface area contributed by atoms with Gasteiger partial charge < -0.3 is 25.0 Å². The van der Waals surface area contributed by atoms with Crippen LogP contribution in [0, 0.1) is 13.8 Å². The molecule has 1 saturated heterocycles. The molecule has 0 saturated carbocycles. The molecule has 0 radical (unpaired) electrons. The van der Waals surface area contributed by atoms with Gasteiger partial charge in [-0.25, -0.2) is 0 Å². The molecule has 1 atom stereocenters. The lowest BCUT2D eigenvalue weighted by Gasteiger charge is -2.16. The Morgan fingerprint density at radius 2 is 2.12 bits per heavy atom. The first-order valence-corrected chi connectivity index (χ1v) is 12.0. The molecule has 3 aromatic rings. The zero-order chi connectivity index (χ0) is 23.2. The number of hydrogen-bond acceptors (Lipinski definition) is 7. The minimum Gasteiger partial charge on any atom is -0.508 e. The molecule has 1 aliphatic rings. The lowest BCUT2D eigenvalue weighted by atomic mass is 10.1. The van der Waals surface area contributed by atoms with Crippen molar-refractivity contribution in [1.29, 1.82) is 0 Å². The number of aryl methyl sites for hydroxylation is 2. The Labute approximate surface area is 197 Å². The molecule has 0 aliphatic carbocycles. The predicted octanol–water partition coefficient (Wildman–Crippen LogP) is 4.12. The third-order valence-electron chi connectivity index (χ3n) is 5.48. The van der Waals surface area contributed by atoms with Crippen LogP contribution < -0.4 is 10.6 Å². The number of nitrogens with one attached hydrogen (secondary N) is 2. The topological polar surface area (TPSA) is 101 Å². The lowest BCUT2D eigenvalue weighted by Crippen LogP contribution is -2.20. The largest absolute Gasteiger partial charge is 0.508 e. The second-order valence-electron chi connectivity index (χ2n) is 8.20. The van der Waals surface area contributed by atoms with Gasteiger partial charge in [-0.3, -0.25) is 4.79 Å². The van der Waals surface area contributed by atoms with E-state index in [1.165, 1.54) is 29.0 Å². The van der Waals surface area contributed by atoms with Crippen molar-refractivity contribution in [3.8, 4) is 5.75 Å². The molecule has 1 aromatic heterocycles. The Morgan fingerprint density at radius 3 is 2.88 bits per heavy atom. The molecule has 1 fully saturated rings. The summed E-state index contributed by atoms with van der Waals surface area (Å²) in [6.07, 6.45) is 2.18. The zero-order valence-corrected chi connectivity index (χ0v) is 19.7. The van der Waals surface area contributed by atoms with Crippen LogP contribution in [0.1, 0.15) is 29.8 Å². The predicted molar refractivity (Wildman–Crippen MR) is 130 cm³/mol. The zero-order valence-electron chi connectivity index (χ0n) is 18.9. The monoisotopic (exact) mass is 467 g/mol. The van der Waals surface area contributed by atoms with Gasteiger partial charge in [-0.05, 0) is 50.5 Å². The maximum atomic E-state index is 12.4. The smallest absolute Gasteiger partial charge is 0.234 e. The van der Waals surface area contributed by atoms with Gasteiger partial charge in [-0.2, -0.15) is 0 Å². The molecule has 8 nitrogen and oxygen atoms in total. The van der Waals surface area contributed by atoms with E-state index in [0.717, 1.165) is 31.0 Å². The van der Waals surface area contributed by atoms with Crippen LogP contribution in [0.4, 0.5) is 11.4 Å². The van der Waals surface area contributed by atoms with Crippen molar-refractivity contribution in [3.63, 3.8) is 0 Å². The first kappa shape index (κ1) is 23.1. The summed E-state index contributed by atoms with van der Waals surface area (Å²) in [4.78, 5) is 12.4. The molecule has 4 rings (SSSR count). The fourth-order valence-electron chi connectivity index (χ4n) is 3.83. The van der Waals surface area contributed by atoms with E-state index in [2.05, 4.69) is 57.4 Å². The molecular weight excluding hydrogens is 438 g/mol. The van der Waals surface area contributed by atoms with Crippen LogP contribution in [0.25, 0.3) is 0 Å². The molecular formula is C24H29N5O3S. The number of anilines is 2. The molecule has 0 unspecified atom stereocenters. The number of hydrogen-bond donors (Lipinski definition) is 3. The first-order chi connectivity index (χ1) is 16.0. The highest BCUT2D eigenvalue weighted by Gasteiger charge is 2.21. The second kappa shape index (κ2) is 10.7. The van der Waals surface area contributed by atoms with Crippen LogP contribution in [0.5, 0.6) is 5.75 Å². The van der Waals surface area contributed by atoms with Crippen molar-refractivity contribution in [2.45, 2.75) is 51.0 Å². The van der Waals surface area contributed by atoms with E-state index in [1.54, 1.807) is 18.2 Å². The summed E-state index contributed by atoms with van der Waals surface area (Å²) >= 11 is 1.34. The van der Waals surface area contributed by atoms with E-state index in [1.807, 2.05) is 0 Å². The van der Waals surface area contributed by atoms with Crippen molar-refractivity contribution in [2.75, 3.05) is 23.0 Å². The van der Waals surface area contributed by atoms with Crippen molar-refractivity contribution in [1.82, 2.24) is 14.8 Å². The third kappa shape index (κ3) is 6.27. The minimum atomic E-state index is -0.174. The van der Waals surface area contributed by atoms with Crippen LogP contribution in [-0.2, 0) is 22.6 Å². The van der Waals surface area contributed by atoms with E-state index in [-0.39, 0.29) is 23.5 Å². The van der Waals surface area contributed by atoms with Crippen LogP contribution in [0.15, 0.2) is 47.6 Å². The summed E-state index contributed by atoms with van der Waals surface area (Å²) in [7, 11) is 0. The first-order valence-electron chi connectivity index (χ1n) is 11.0. The van der Waals surface area contributed by atoms with Crippen LogP contribution in [0.2, 0.25) is 0 Å². The molecule has 3 N–H and O–H groups in total. The summed E-state index contributed by atoms with van der Waals surface area (Å²) in [6, 6.07) is 12.8. The van der Waals surface area contributed by atoms with Crippen molar-refractivity contribution in [2.24, 2.45) is 0 Å². The van der Waals surface area contributed by atoms with E-state index in [9.17, 15) is 9.90 Å². The SMILES string of the molecule is Cc1ccc(NCc2nnc(SCC(=O)Nc3cccc(O)c3)n2C[C@@H]2CCCO2)c(C)c1. The highest BCUT2D eigenvalue weighted by atomic mass is 32.2. The third-order valence-corrected chi connectivity index (χ3v) is 6.45. The van der Waals surface area contributed by atoms with Crippen LogP contribution in [-0.4, -0.2) is 44.2 Å². The average Bonchev–Trinajstić information content (AvgIpc) is 3.42. The summed E-state index contributed by atoms with van der Waals surface area (Å²) in [5, 5.41) is 25.3. The number of aromatic hydroxyl groups is 1. The van der Waals surface area contributed by atoms with Gasteiger partial charge in [0, 0.05) is 24.0 Å². The number of aromatic nitrogens is 3. The van der Waals surface area contributed by atoms with Crippen LogP contribution >= 0.6 is 11.8 Å². The molecule has 0 spiro atoms. The van der Waals surface area contributed by atoms with Gasteiger partial charge in [0.05, 0.1) is 24.9 Å². The molecule has 174 valence electrons. The summed E-state index contributed by atoms with van der Waals surface area (Å²) in [5.41, 5.74) is 4.02. The highest BCUT2D eigenvalue weighted by Crippen LogP contribution is 2.23. The molecule has 1 amide bonds. The second-order valence-corrected chi connectivity index (χ2v) is 9.15. The standard InChI is InChI=1S/C24H29N5O3S/c1-16-8-9-21(17(2)11-16)25-13-22-27-28-24(29(22)14-20-7-4-10-32-20)33-15-23(31)26-18-5-3-6-19(30)12-18/h3,5-6,8-9,11-12,20,25,30H,4,7,10,13-15H2,1-2H3,(H,26,31)/t20-/m0/s1. The number of amides is 1. The quantitative estimate of drug-likeness (QED) is 0.407. The van der Waals surface area contributed by atoms with Gasteiger partial charge in [-0.15, -0.1) is 10.2 Å². The van der Waals surface area contributed by atoms with Crippen molar-refractivity contribution in [3.05, 3.63) is 59.4 Å². The summed E-state index contributed by atoms with van der Waals surface area (Å²) in [6.45, 7) is 6.12. The number of phenols is 1. The molecule has 0 bridgehead atoms. The molecule has 9 heteroatoms.